The monoisotopic (exact) mass is 335 g/mol. The number of benzene rings is 1. The van der Waals surface area contributed by atoms with Gasteiger partial charge in [0, 0.05) is 19.4 Å². The van der Waals surface area contributed by atoms with Crippen LogP contribution >= 0.6 is 11.6 Å². The molecule has 124 valence electrons. The molecule has 0 spiro atoms. The Morgan fingerprint density at radius 1 is 1.35 bits per heavy atom. The van der Waals surface area contributed by atoms with Crippen LogP contribution in [0.2, 0.25) is 5.02 Å². The molecule has 1 aliphatic heterocycles. The van der Waals surface area contributed by atoms with Crippen LogP contribution in [-0.4, -0.2) is 29.3 Å². The van der Waals surface area contributed by atoms with Gasteiger partial charge in [-0.2, -0.15) is 0 Å². The molecule has 23 heavy (non-hydrogen) atoms. The number of rotatable bonds is 6. The summed E-state index contributed by atoms with van der Waals surface area (Å²) in [4.78, 5) is 4.43. The smallest absolute Gasteiger partial charge is 0.179 e. The summed E-state index contributed by atoms with van der Waals surface area (Å²) < 4.78 is 13.2. The van der Waals surface area contributed by atoms with Gasteiger partial charge >= 0.3 is 0 Å². The number of hydrogen-bond acceptors (Lipinski definition) is 4. The normalized spacial score (nSPS) is 14.7. The van der Waals surface area contributed by atoms with E-state index in [0.717, 1.165) is 36.5 Å². The average Bonchev–Trinajstić information content (AvgIpc) is 2.98. The number of ether oxygens (including phenoxy) is 2. The maximum Gasteiger partial charge on any atom is 0.179 e. The van der Waals surface area contributed by atoms with E-state index in [9.17, 15) is 0 Å². The molecule has 0 amide bonds. The van der Waals surface area contributed by atoms with Crippen LogP contribution in [0.1, 0.15) is 30.8 Å². The predicted molar refractivity (Wildman–Crippen MR) is 90.4 cm³/mol. The van der Waals surface area contributed by atoms with Crippen molar-refractivity contribution in [1.29, 1.82) is 0 Å². The fraction of sp³-hybridized carbons (Fsp3) is 0.471. The highest BCUT2D eigenvalue weighted by atomic mass is 35.5. The summed E-state index contributed by atoms with van der Waals surface area (Å²) in [6.45, 7) is 4.13. The van der Waals surface area contributed by atoms with Crippen molar-refractivity contribution in [3.63, 3.8) is 0 Å². The van der Waals surface area contributed by atoms with Crippen LogP contribution in [-0.2, 0) is 13.5 Å². The van der Waals surface area contributed by atoms with Crippen LogP contribution in [0.15, 0.2) is 24.5 Å². The Hall–Kier alpha value is -1.72. The Bertz CT molecular complexity index is 672. The summed E-state index contributed by atoms with van der Waals surface area (Å²) in [6, 6.07) is 4.23. The Balaban J connectivity index is 1.62. The fourth-order valence-corrected chi connectivity index (χ4v) is 3.12. The van der Waals surface area contributed by atoms with E-state index < -0.39 is 0 Å². The van der Waals surface area contributed by atoms with Crippen molar-refractivity contribution in [3.05, 3.63) is 40.9 Å². The van der Waals surface area contributed by atoms with E-state index in [-0.39, 0.29) is 6.04 Å². The molecule has 5 nitrogen and oxygen atoms in total. The highest BCUT2D eigenvalue weighted by Gasteiger charge is 2.17. The van der Waals surface area contributed by atoms with Crippen LogP contribution in [0.5, 0.6) is 11.5 Å². The van der Waals surface area contributed by atoms with E-state index in [1.165, 1.54) is 0 Å². The van der Waals surface area contributed by atoms with Gasteiger partial charge in [-0.3, -0.25) is 0 Å². The number of imidazole rings is 1. The molecule has 1 aliphatic rings. The SMILES string of the molecule is CCC(NCCc1cc(Cl)c2c(c1)OCCO2)c1nccn1C. The minimum Gasteiger partial charge on any atom is -0.486 e. The third-order valence-corrected chi connectivity index (χ3v) is 4.32. The molecule has 1 aromatic carbocycles. The molecule has 0 saturated carbocycles. The van der Waals surface area contributed by atoms with Crippen LogP contribution in [0.4, 0.5) is 0 Å². The van der Waals surface area contributed by atoms with Crippen molar-refractivity contribution in [2.24, 2.45) is 7.05 Å². The second-order valence-corrected chi connectivity index (χ2v) is 6.07. The Morgan fingerprint density at radius 3 is 2.91 bits per heavy atom. The zero-order valence-corrected chi connectivity index (χ0v) is 14.3. The quantitative estimate of drug-likeness (QED) is 0.881. The molecule has 0 fully saturated rings. The Kier molecular flexibility index (Phi) is 5.08. The molecule has 3 rings (SSSR count). The first-order chi connectivity index (χ1) is 11.2. The van der Waals surface area contributed by atoms with E-state index in [4.69, 9.17) is 21.1 Å². The van der Waals surface area contributed by atoms with Gasteiger partial charge in [0.1, 0.15) is 19.0 Å². The molecule has 2 heterocycles. The largest absolute Gasteiger partial charge is 0.486 e. The fourth-order valence-electron chi connectivity index (χ4n) is 2.83. The van der Waals surface area contributed by atoms with Crippen molar-refractivity contribution in [2.45, 2.75) is 25.8 Å². The second kappa shape index (κ2) is 7.23. The summed E-state index contributed by atoms with van der Waals surface area (Å²) in [7, 11) is 2.02. The van der Waals surface area contributed by atoms with Crippen molar-refractivity contribution < 1.29 is 9.47 Å². The topological polar surface area (TPSA) is 48.3 Å². The third-order valence-electron chi connectivity index (χ3n) is 4.04. The predicted octanol–water partition coefficient (Wildman–Crippen LogP) is 3.13. The average molecular weight is 336 g/mol. The summed E-state index contributed by atoms with van der Waals surface area (Å²) >= 11 is 6.28. The summed E-state index contributed by atoms with van der Waals surface area (Å²) in [5.74, 6) is 2.47. The number of nitrogens with zero attached hydrogens (tertiary/aromatic N) is 2. The van der Waals surface area contributed by atoms with E-state index in [1.807, 2.05) is 31.6 Å². The highest BCUT2D eigenvalue weighted by molar-refractivity contribution is 6.32. The molecule has 1 aromatic heterocycles. The van der Waals surface area contributed by atoms with Crippen LogP contribution in [0.3, 0.4) is 0 Å². The first-order valence-electron chi connectivity index (χ1n) is 7.97. The lowest BCUT2D eigenvalue weighted by Gasteiger charge is -2.21. The van der Waals surface area contributed by atoms with Gasteiger partial charge in [0.2, 0.25) is 0 Å². The van der Waals surface area contributed by atoms with Crippen LogP contribution in [0.25, 0.3) is 0 Å². The number of nitrogens with one attached hydrogen (secondary N) is 1. The van der Waals surface area contributed by atoms with E-state index >= 15 is 0 Å². The maximum atomic E-state index is 6.28. The van der Waals surface area contributed by atoms with Gasteiger partial charge in [-0.05, 0) is 37.1 Å². The van der Waals surface area contributed by atoms with Gasteiger partial charge in [-0.1, -0.05) is 18.5 Å². The first kappa shape index (κ1) is 16.1. The highest BCUT2D eigenvalue weighted by Crippen LogP contribution is 2.38. The number of aryl methyl sites for hydroxylation is 1. The minimum absolute atomic E-state index is 0.252. The number of halogens is 1. The molecule has 0 bridgehead atoms. The van der Waals surface area contributed by atoms with Crippen molar-refractivity contribution >= 4 is 11.6 Å². The molecule has 1 N–H and O–H groups in total. The lowest BCUT2D eigenvalue weighted by atomic mass is 10.1. The molecule has 0 saturated heterocycles. The first-order valence-corrected chi connectivity index (χ1v) is 8.35. The zero-order chi connectivity index (χ0) is 16.2. The molecule has 2 aromatic rings. The number of aromatic nitrogens is 2. The molecule has 6 heteroatoms. The summed E-state index contributed by atoms with van der Waals surface area (Å²) in [5, 5.41) is 4.18. The molecule has 1 unspecified atom stereocenters. The van der Waals surface area contributed by atoms with Gasteiger partial charge < -0.3 is 19.4 Å². The Labute approximate surface area is 141 Å². The van der Waals surface area contributed by atoms with Gasteiger partial charge in [-0.15, -0.1) is 0 Å². The second-order valence-electron chi connectivity index (χ2n) is 5.66. The van der Waals surface area contributed by atoms with E-state index in [0.29, 0.717) is 24.0 Å². The van der Waals surface area contributed by atoms with Crippen molar-refractivity contribution in [2.75, 3.05) is 19.8 Å². The number of fused-ring (bicyclic) bond motifs is 1. The van der Waals surface area contributed by atoms with Crippen molar-refractivity contribution in [3.8, 4) is 11.5 Å². The van der Waals surface area contributed by atoms with Gasteiger partial charge in [0.25, 0.3) is 0 Å². The molecule has 0 radical (unpaired) electrons. The lowest BCUT2D eigenvalue weighted by Crippen LogP contribution is -2.25. The molecule has 0 aliphatic carbocycles. The third kappa shape index (κ3) is 3.62. The van der Waals surface area contributed by atoms with Gasteiger partial charge in [0.05, 0.1) is 11.1 Å². The zero-order valence-electron chi connectivity index (χ0n) is 13.5. The maximum absolute atomic E-state index is 6.28. The van der Waals surface area contributed by atoms with Gasteiger partial charge in [0.15, 0.2) is 11.5 Å². The van der Waals surface area contributed by atoms with Gasteiger partial charge in [-0.25, -0.2) is 4.98 Å². The van der Waals surface area contributed by atoms with Crippen molar-refractivity contribution in [1.82, 2.24) is 14.9 Å². The van der Waals surface area contributed by atoms with E-state index in [2.05, 4.69) is 21.8 Å². The summed E-state index contributed by atoms with van der Waals surface area (Å²) in [5.41, 5.74) is 1.14. The summed E-state index contributed by atoms with van der Waals surface area (Å²) in [6.07, 6.45) is 5.67. The lowest BCUT2D eigenvalue weighted by molar-refractivity contribution is 0.171. The molecular weight excluding hydrogens is 314 g/mol. The standard InChI is InChI=1S/C17H22ClN3O2/c1-3-14(17-20-6-7-21(17)2)19-5-4-12-10-13(18)16-15(11-12)22-8-9-23-16/h6-7,10-11,14,19H,3-5,8-9H2,1-2H3. The Morgan fingerprint density at radius 2 is 2.17 bits per heavy atom. The van der Waals surface area contributed by atoms with E-state index in [1.54, 1.807) is 0 Å². The molecular formula is C17H22ClN3O2. The van der Waals surface area contributed by atoms with Crippen LogP contribution in [0, 0.1) is 0 Å². The molecule has 1 atom stereocenters. The minimum atomic E-state index is 0.252. The number of hydrogen-bond donors (Lipinski definition) is 1. The van der Waals surface area contributed by atoms with Crippen LogP contribution < -0.4 is 14.8 Å².